The average molecular weight is 289 g/mol. The first-order chi connectivity index (χ1) is 10.2. The molecule has 4 nitrogen and oxygen atoms in total. The SMILES string of the molecule is CCC12CCN(C)Cc3ccc(OC)c(c31)OC2CC=O. The van der Waals surface area contributed by atoms with Crippen LogP contribution in [0.25, 0.3) is 0 Å². The molecule has 1 aromatic rings. The lowest BCUT2D eigenvalue weighted by Gasteiger charge is -2.32. The van der Waals surface area contributed by atoms with E-state index in [4.69, 9.17) is 9.47 Å². The molecular weight excluding hydrogens is 266 g/mol. The molecule has 0 N–H and O–H groups in total. The van der Waals surface area contributed by atoms with E-state index in [9.17, 15) is 4.79 Å². The van der Waals surface area contributed by atoms with Crippen LogP contribution in [0, 0.1) is 0 Å². The Morgan fingerprint density at radius 2 is 2.33 bits per heavy atom. The lowest BCUT2D eigenvalue weighted by Crippen LogP contribution is -2.39. The van der Waals surface area contributed by atoms with Crippen molar-refractivity contribution in [3.8, 4) is 11.5 Å². The zero-order valence-electron chi connectivity index (χ0n) is 13.0. The predicted molar refractivity (Wildman–Crippen MR) is 81.0 cm³/mol. The molecule has 21 heavy (non-hydrogen) atoms. The maximum Gasteiger partial charge on any atom is 0.165 e. The summed E-state index contributed by atoms with van der Waals surface area (Å²) in [6.07, 6.45) is 3.35. The highest BCUT2D eigenvalue weighted by atomic mass is 16.5. The van der Waals surface area contributed by atoms with Crippen molar-refractivity contribution in [2.75, 3.05) is 20.7 Å². The van der Waals surface area contributed by atoms with Crippen molar-refractivity contribution >= 4 is 6.29 Å². The summed E-state index contributed by atoms with van der Waals surface area (Å²) in [5, 5.41) is 0. The fourth-order valence-corrected chi connectivity index (χ4v) is 3.96. The molecule has 2 unspecified atom stereocenters. The highest BCUT2D eigenvalue weighted by Crippen LogP contribution is 2.54. The van der Waals surface area contributed by atoms with Crippen molar-refractivity contribution in [2.45, 2.75) is 44.2 Å². The largest absolute Gasteiger partial charge is 0.493 e. The van der Waals surface area contributed by atoms with E-state index in [1.165, 1.54) is 11.1 Å². The number of aldehydes is 1. The molecule has 4 heteroatoms. The van der Waals surface area contributed by atoms with Crippen LogP contribution < -0.4 is 9.47 Å². The van der Waals surface area contributed by atoms with Gasteiger partial charge >= 0.3 is 0 Å². The number of carbonyl (C=O) groups is 1. The smallest absolute Gasteiger partial charge is 0.165 e. The molecule has 2 aliphatic rings. The van der Waals surface area contributed by atoms with Gasteiger partial charge in [-0.2, -0.15) is 0 Å². The van der Waals surface area contributed by atoms with Crippen LogP contribution in [0.4, 0.5) is 0 Å². The Morgan fingerprint density at radius 3 is 3.00 bits per heavy atom. The molecule has 0 amide bonds. The number of hydrogen-bond donors (Lipinski definition) is 0. The van der Waals surface area contributed by atoms with Gasteiger partial charge in [0, 0.05) is 23.9 Å². The van der Waals surface area contributed by atoms with Crippen LogP contribution in [0.15, 0.2) is 12.1 Å². The summed E-state index contributed by atoms with van der Waals surface area (Å²) in [5.74, 6) is 1.64. The van der Waals surface area contributed by atoms with Crippen LogP contribution in [0.2, 0.25) is 0 Å². The standard InChI is InChI=1S/C17H23NO3/c1-4-17-8-9-18(2)11-12-5-6-13(20-3)16(15(12)17)21-14(17)7-10-19/h5-6,10,14H,4,7-9,11H2,1-3H3. The van der Waals surface area contributed by atoms with Crippen LogP contribution in [-0.4, -0.2) is 38.0 Å². The molecule has 0 fully saturated rings. The molecule has 0 aliphatic carbocycles. The van der Waals surface area contributed by atoms with Crippen molar-refractivity contribution in [1.29, 1.82) is 0 Å². The molecular formula is C17H23NO3. The molecule has 2 heterocycles. The minimum atomic E-state index is -0.0726. The number of ether oxygens (including phenoxy) is 2. The summed E-state index contributed by atoms with van der Waals surface area (Å²) in [6.45, 7) is 4.14. The van der Waals surface area contributed by atoms with Gasteiger partial charge < -0.3 is 19.2 Å². The van der Waals surface area contributed by atoms with Gasteiger partial charge in [0.25, 0.3) is 0 Å². The molecule has 0 aromatic heterocycles. The molecule has 3 rings (SSSR count). The van der Waals surface area contributed by atoms with Crippen molar-refractivity contribution in [2.24, 2.45) is 0 Å². The van der Waals surface area contributed by atoms with E-state index in [2.05, 4.69) is 24.9 Å². The van der Waals surface area contributed by atoms with Gasteiger partial charge in [0.1, 0.15) is 12.4 Å². The number of benzene rings is 1. The number of rotatable bonds is 4. The second-order valence-electron chi connectivity index (χ2n) is 6.14. The second kappa shape index (κ2) is 5.34. The van der Waals surface area contributed by atoms with Gasteiger partial charge in [-0.15, -0.1) is 0 Å². The monoisotopic (exact) mass is 289 g/mol. The van der Waals surface area contributed by atoms with Crippen LogP contribution in [0.5, 0.6) is 11.5 Å². The summed E-state index contributed by atoms with van der Waals surface area (Å²) < 4.78 is 11.7. The van der Waals surface area contributed by atoms with Gasteiger partial charge in [-0.1, -0.05) is 13.0 Å². The summed E-state index contributed by atoms with van der Waals surface area (Å²) in [5.41, 5.74) is 2.52. The third-order valence-electron chi connectivity index (χ3n) is 5.12. The Bertz CT molecular complexity index is 557. The van der Waals surface area contributed by atoms with E-state index in [1.54, 1.807) is 7.11 Å². The Balaban J connectivity index is 2.21. The molecule has 0 spiro atoms. The zero-order valence-corrected chi connectivity index (χ0v) is 13.0. The van der Waals surface area contributed by atoms with E-state index in [0.717, 1.165) is 43.7 Å². The van der Waals surface area contributed by atoms with E-state index in [1.807, 2.05) is 6.07 Å². The molecule has 2 atom stereocenters. The van der Waals surface area contributed by atoms with Gasteiger partial charge in [-0.25, -0.2) is 0 Å². The van der Waals surface area contributed by atoms with Crippen molar-refractivity contribution in [3.05, 3.63) is 23.3 Å². The third kappa shape index (κ3) is 2.04. The fraction of sp³-hybridized carbons (Fsp3) is 0.588. The maximum atomic E-state index is 11.1. The van der Waals surface area contributed by atoms with Crippen LogP contribution in [0.3, 0.4) is 0 Å². The molecule has 1 aromatic carbocycles. The van der Waals surface area contributed by atoms with Gasteiger partial charge in [0.15, 0.2) is 11.5 Å². The minimum absolute atomic E-state index is 0.0646. The topological polar surface area (TPSA) is 38.8 Å². The normalized spacial score (nSPS) is 27.7. The van der Waals surface area contributed by atoms with Gasteiger partial charge in [-0.3, -0.25) is 0 Å². The van der Waals surface area contributed by atoms with Crippen molar-refractivity contribution in [3.63, 3.8) is 0 Å². The van der Waals surface area contributed by atoms with Crippen molar-refractivity contribution in [1.82, 2.24) is 4.90 Å². The highest BCUT2D eigenvalue weighted by molar-refractivity contribution is 5.61. The van der Waals surface area contributed by atoms with E-state index in [0.29, 0.717) is 6.42 Å². The van der Waals surface area contributed by atoms with E-state index >= 15 is 0 Å². The Hall–Kier alpha value is -1.55. The Kier molecular flexibility index (Phi) is 3.66. The lowest BCUT2D eigenvalue weighted by molar-refractivity contribution is -0.109. The third-order valence-corrected chi connectivity index (χ3v) is 5.12. The number of nitrogens with zero attached hydrogens (tertiary/aromatic N) is 1. The van der Waals surface area contributed by atoms with Gasteiger partial charge in [-0.05, 0) is 38.1 Å². The summed E-state index contributed by atoms with van der Waals surface area (Å²) in [4.78, 5) is 13.5. The summed E-state index contributed by atoms with van der Waals surface area (Å²) >= 11 is 0. The average Bonchev–Trinajstić information content (AvgIpc) is 2.72. The molecule has 0 saturated heterocycles. The molecule has 114 valence electrons. The fourth-order valence-electron chi connectivity index (χ4n) is 3.96. The first-order valence-electron chi connectivity index (χ1n) is 7.65. The zero-order chi connectivity index (χ0) is 15.0. The number of methoxy groups -OCH3 is 1. The summed E-state index contributed by atoms with van der Waals surface area (Å²) in [6, 6.07) is 4.13. The Labute approximate surface area is 126 Å². The minimum Gasteiger partial charge on any atom is -0.493 e. The molecule has 0 bridgehead atoms. The first kappa shape index (κ1) is 14.4. The molecule has 2 aliphatic heterocycles. The van der Waals surface area contributed by atoms with Crippen LogP contribution in [0.1, 0.15) is 37.3 Å². The van der Waals surface area contributed by atoms with E-state index < -0.39 is 0 Å². The van der Waals surface area contributed by atoms with E-state index in [-0.39, 0.29) is 11.5 Å². The van der Waals surface area contributed by atoms with Crippen LogP contribution in [-0.2, 0) is 16.8 Å². The van der Waals surface area contributed by atoms with Gasteiger partial charge in [0.2, 0.25) is 0 Å². The summed E-state index contributed by atoms with van der Waals surface area (Å²) in [7, 11) is 3.82. The Morgan fingerprint density at radius 1 is 1.52 bits per heavy atom. The van der Waals surface area contributed by atoms with Gasteiger partial charge in [0.05, 0.1) is 7.11 Å². The quantitative estimate of drug-likeness (QED) is 0.798. The maximum absolute atomic E-state index is 11.1. The highest BCUT2D eigenvalue weighted by Gasteiger charge is 2.50. The second-order valence-corrected chi connectivity index (χ2v) is 6.14. The first-order valence-corrected chi connectivity index (χ1v) is 7.65. The van der Waals surface area contributed by atoms with Crippen LogP contribution >= 0.6 is 0 Å². The number of carbonyl (C=O) groups excluding carboxylic acids is 1. The predicted octanol–water partition coefficient (Wildman–Crippen LogP) is 2.53. The van der Waals surface area contributed by atoms with Crippen molar-refractivity contribution < 1.29 is 14.3 Å². The number of hydrogen-bond acceptors (Lipinski definition) is 4. The molecule has 0 saturated carbocycles. The lowest BCUT2D eigenvalue weighted by atomic mass is 9.70. The molecule has 0 radical (unpaired) electrons.